The monoisotopic (exact) mass is 345 g/mol. The minimum Gasteiger partial charge on any atom is -0.494 e. The molecule has 0 fully saturated rings. The molecule has 24 heavy (non-hydrogen) atoms. The van der Waals surface area contributed by atoms with Gasteiger partial charge in [-0.15, -0.1) is 11.8 Å². The zero-order chi connectivity index (χ0) is 17.9. The smallest absolute Gasteiger partial charge is 0.196 e. The summed E-state index contributed by atoms with van der Waals surface area (Å²) in [7, 11) is 1.75. The van der Waals surface area contributed by atoms with Crippen molar-refractivity contribution >= 4 is 23.2 Å². The van der Waals surface area contributed by atoms with E-state index >= 15 is 0 Å². The number of aliphatic hydroxyl groups excluding tert-OH is 2. The van der Waals surface area contributed by atoms with Crippen LogP contribution in [-0.4, -0.2) is 34.3 Å². The highest BCUT2D eigenvalue weighted by Crippen LogP contribution is 2.35. The second kappa shape index (κ2) is 7.59. The Bertz CT molecular complexity index is 751. The Morgan fingerprint density at radius 2 is 2.21 bits per heavy atom. The van der Waals surface area contributed by atoms with Gasteiger partial charge in [-0.3, -0.25) is 4.90 Å². The second-order valence-electron chi connectivity index (χ2n) is 5.57. The molecule has 0 aliphatic carbocycles. The van der Waals surface area contributed by atoms with Gasteiger partial charge in [-0.25, -0.2) is 4.99 Å². The lowest BCUT2D eigenvalue weighted by Crippen LogP contribution is -2.33. The number of aliphatic hydroxyl groups is 2. The van der Waals surface area contributed by atoms with Crippen molar-refractivity contribution in [3.05, 3.63) is 64.2 Å². The number of nitrogens with two attached hydrogens (primary N) is 1. The lowest BCUT2D eigenvalue weighted by atomic mass is 9.90. The first-order valence-corrected chi connectivity index (χ1v) is 8.74. The predicted octanol–water partition coefficient (Wildman–Crippen LogP) is 3.12. The van der Waals surface area contributed by atoms with E-state index in [1.54, 1.807) is 11.9 Å². The SMILES string of the molecule is C=C(N=C1/C(=C\N)CC(c2cc(CO)ccc2C)=C(O)N1C)SC. The van der Waals surface area contributed by atoms with Gasteiger partial charge in [0.05, 0.1) is 11.6 Å². The molecular weight excluding hydrogens is 322 g/mol. The van der Waals surface area contributed by atoms with Crippen LogP contribution in [0, 0.1) is 6.92 Å². The maximum Gasteiger partial charge on any atom is 0.196 e. The Morgan fingerprint density at radius 3 is 2.79 bits per heavy atom. The molecule has 128 valence electrons. The number of likely N-dealkylation sites (N-methyl/N-ethyl adjacent to an activating group) is 1. The first-order chi connectivity index (χ1) is 11.4. The largest absolute Gasteiger partial charge is 0.494 e. The van der Waals surface area contributed by atoms with Crippen LogP contribution in [0.25, 0.3) is 5.57 Å². The maximum absolute atomic E-state index is 10.7. The molecule has 1 aromatic rings. The molecule has 1 heterocycles. The number of thioether (sulfide) groups is 1. The number of hydrogen-bond donors (Lipinski definition) is 3. The molecule has 0 aromatic heterocycles. The molecule has 0 saturated carbocycles. The van der Waals surface area contributed by atoms with Crippen LogP contribution < -0.4 is 5.73 Å². The molecule has 1 aliphatic rings. The first-order valence-electron chi connectivity index (χ1n) is 7.52. The average molecular weight is 345 g/mol. The van der Waals surface area contributed by atoms with Crippen LogP contribution in [0.1, 0.15) is 23.1 Å². The molecule has 4 N–H and O–H groups in total. The minimum absolute atomic E-state index is 0.0446. The van der Waals surface area contributed by atoms with E-state index in [1.807, 2.05) is 31.4 Å². The van der Waals surface area contributed by atoms with Gasteiger partial charge in [0, 0.05) is 30.8 Å². The Labute approximate surface area is 146 Å². The molecule has 6 heteroatoms. The lowest BCUT2D eigenvalue weighted by Gasteiger charge is -2.30. The maximum atomic E-state index is 10.7. The summed E-state index contributed by atoms with van der Waals surface area (Å²) in [5.41, 5.74) is 10.1. The van der Waals surface area contributed by atoms with Gasteiger partial charge in [-0.1, -0.05) is 18.7 Å². The molecule has 0 radical (unpaired) electrons. The van der Waals surface area contributed by atoms with Gasteiger partial charge in [-0.05, 0) is 35.9 Å². The van der Waals surface area contributed by atoms with Gasteiger partial charge in [-0.2, -0.15) is 0 Å². The number of amidine groups is 1. The van der Waals surface area contributed by atoms with Crippen LogP contribution in [0.2, 0.25) is 0 Å². The van der Waals surface area contributed by atoms with Gasteiger partial charge in [0.1, 0.15) is 5.84 Å². The van der Waals surface area contributed by atoms with Gasteiger partial charge >= 0.3 is 0 Å². The molecular formula is C18H23N3O2S. The molecule has 0 amide bonds. The molecule has 1 aliphatic heterocycles. The normalized spacial score (nSPS) is 18.6. The van der Waals surface area contributed by atoms with Crippen molar-refractivity contribution < 1.29 is 10.2 Å². The van der Waals surface area contributed by atoms with Crippen molar-refractivity contribution in [2.75, 3.05) is 13.3 Å². The summed E-state index contributed by atoms with van der Waals surface area (Å²) in [4.78, 5) is 6.07. The van der Waals surface area contributed by atoms with Crippen LogP contribution in [0.15, 0.2) is 52.5 Å². The van der Waals surface area contributed by atoms with Crippen molar-refractivity contribution in [3.8, 4) is 0 Å². The van der Waals surface area contributed by atoms with E-state index < -0.39 is 0 Å². The fourth-order valence-corrected chi connectivity index (χ4v) is 2.80. The standard InChI is InChI=1S/C18H23N3O2S/c1-11-5-6-13(10-22)7-15(11)16-8-14(9-19)17(20-12(2)24-4)21(3)18(16)23/h5-7,9,22-23H,2,8,10,19H2,1,3-4H3/b14-9-,20-17?. The zero-order valence-corrected chi connectivity index (χ0v) is 15.0. The predicted molar refractivity (Wildman–Crippen MR) is 101 cm³/mol. The van der Waals surface area contributed by atoms with Crippen LogP contribution in [0.3, 0.4) is 0 Å². The summed E-state index contributed by atoms with van der Waals surface area (Å²) in [5.74, 6) is 0.723. The average Bonchev–Trinajstić information content (AvgIpc) is 2.60. The lowest BCUT2D eigenvalue weighted by molar-refractivity contribution is 0.281. The third-order valence-corrected chi connectivity index (χ3v) is 4.60. The van der Waals surface area contributed by atoms with E-state index in [0.717, 1.165) is 27.8 Å². The van der Waals surface area contributed by atoms with Gasteiger partial charge in [0.15, 0.2) is 5.88 Å². The van der Waals surface area contributed by atoms with Crippen molar-refractivity contribution in [1.82, 2.24) is 4.90 Å². The highest BCUT2D eigenvalue weighted by molar-refractivity contribution is 8.02. The fourth-order valence-electron chi connectivity index (χ4n) is 2.62. The molecule has 1 aromatic carbocycles. The highest BCUT2D eigenvalue weighted by Gasteiger charge is 2.28. The second-order valence-corrected chi connectivity index (χ2v) is 6.45. The number of allylic oxidation sites excluding steroid dienone is 1. The summed E-state index contributed by atoms with van der Waals surface area (Å²) in [5, 5.41) is 20.7. The number of benzene rings is 1. The Balaban J connectivity index is 2.57. The van der Waals surface area contributed by atoms with Crippen molar-refractivity contribution in [2.45, 2.75) is 20.0 Å². The quantitative estimate of drug-likeness (QED) is 0.781. The summed E-state index contributed by atoms with van der Waals surface area (Å²) >= 11 is 1.44. The highest BCUT2D eigenvalue weighted by atomic mass is 32.2. The van der Waals surface area contributed by atoms with Crippen molar-refractivity contribution in [2.24, 2.45) is 10.7 Å². The molecule has 0 spiro atoms. The first kappa shape index (κ1) is 18.2. The third kappa shape index (κ3) is 3.49. The molecule has 2 rings (SSSR count). The van der Waals surface area contributed by atoms with Crippen molar-refractivity contribution in [3.63, 3.8) is 0 Å². The number of aliphatic imine (C=N–C) groups is 1. The van der Waals surface area contributed by atoms with Crippen LogP contribution in [0.5, 0.6) is 0 Å². The van der Waals surface area contributed by atoms with Crippen LogP contribution >= 0.6 is 11.8 Å². The molecule has 0 saturated heterocycles. The molecule has 0 unspecified atom stereocenters. The summed E-state index contributed by atoms with van der Waals surface area (Å²) in [6, 6.07) is 5.70. The molecule has 5 nitrogen and oxygen atoms in total. The Hall–Kier alpha value is -2.18. The topological polar surface area (TPSA) is 82.1 Å². The van der Waals surface area contributed by atoms with E-state index in [-0.39, 0.29) is 12.5 Å². The number of rotatable bonds is 4. The Morgan fingerprint density at radius 1 is 1.50 bits per heavy atom. The van der Waals surface area contributed by atoms with E-state index in [9.17, 15) is 10.2 Å². The summed E-state index contributed by atoms with van der Waals surface area (Å²) < 4.78 is 0. The van der Waals surface area contributed by atoms with Gasteiger partial charge in [0.2, 0.25) is 0 Å². The van der Waals surface area contributed by atoms with Crippen LogP contribution in [-0.2, 0) is 6.61 Å². The Kier molecular flexibility index (Phi) is 5.75. The van der Waals surface area contributed by atoms with Gasteiger partial charge in [0.25, 0.3) is 0 Å². The van der Waals surface area contributed by atoms with Gasteiger partial charge < -0.3 is 15.9 Å². The van der Waals surface area contributed by atoms with E-state index in [1.165, 1.54) is 18.0 Å². The van der Waals surface area contributed by atoms with E-state index in [4.69, 9.17) is 5.73 Å². The minimum atomic E-state index is -0.0446. The zero-order valence-electron chi connectivity index (χ0n) is 14.2. The van der Waals surface area contributed by atoms with E-state index in [2.05, 4.69) is 11.6 Å². The summed E-state index contributed by atoms with van der Waals surface area (Å²) in [6.45, 7) is 5.79. The van der Waals surface area contributed by atoms with E-state index in [0.29, 0.717) is 17.3 Å². The van der Waals surface area contributed by atoms with Crippen molar-refractivity contribution in [1.29, 1.82) is 0 Å². The third-order valence-electron chi connectivity index (χ3n) is 4.04. The molecule has 0 atom stereocenters. The number of hydrogen-bond acceptors (Lipinski definition) is 5. The fraction of sp³-hybridized carbons (Fsp3) is 0.278. The number of aryl methyl sites for hydroxylation is 1. The van der Waals surface area contributed by atoms with Crippen LogP contribution in [0.4, 0.5) is 0 Å². The number of nitrogens with zero attached hydrogens (tertiary/aromatic N) is 2. The molecule has 0 bridgehead atoms. The summed E-state index contributed by atoms with van der Waals surface area (Å²) in [6.07, 6.45) is 3.87.